The van der Waals surface area contributed by atoms with Gasteiger partial charge in [-0.05, 0) is 12.3 Å². The number of aromatic carboxylic acids is 1. The SMILES string of the molecule is CC(C)CCOc1cc(C(=O)O)c(F)cc1[N+](=O)[O-]. The van der Waals surface area contributed by atoms with E-state index in [0.717, 1.165) is 6.07 Å². The fourth-order valence-electron chi connectivity index (χ4n) is 1.37. The lowest BCUT2D eigenvalue weighted by molar-refractivity contribution is -0.386. The van der Waals surface area contributed by atoms with E-state index in [4.69, 9.17) is 9.84 Å². The molecule has 0 radical (unpaired) electrons. The number of nitro benzene ring substituents is 1. The number of carboxylic acids is 1. The molecular formula is C12H14FNO5. The van der Waals surface area contributed by atoms with Crippen molar-refractivity contribution in [2.45, 2.75) is 20.3 Å². The molecule has 0 amide bonds. The van der Waals surface area contributed by atoms with Crippen LogP contribution in [-0.4, -0.2) is 22.6 Å². The standard InChI is InChI=1S/C12H14FNO5/c1-7(2)3-4-19-11-5-8(12(15)16)9(13)6-10(11)14(17)18/h5-7H,3-4H2,1-2H3,(H,15,16). The van der Waals surface area contributed by atoms with Gasteiger partial charge >= 0.3 is 11.7 Å². The van der Waals surface area contributed by atoms with Gasteiger partial charge in [0.15, 0.2) is 5.75 Å². The molecule has 0 aromatic heterocycles. The highest BCUT2D eigenvalue weighted by molar-refractivity contribution is 5.89. The van der Waals surface area contributed by atoms with Gasteiger partial charge in [0.2, 0.25) is 0 Å². The molecule has 7 heteroatoms. The zero-order chi connectivity index (χ0) is 14.6. The fourth-order valence-corrected chi connectivity index (χ4v) is 1.37. The summed E-state index contributed by atoms with van der Waals surface area (Å²) in [6.07, 6.45) is 0.650. The molecule has 0 saturated heterocycles. The van der Waals surface area contributed by atoms with E-state index >= 15 is 0 Å². The van der Waals surface area contributed by atoms with Crippen molar-refractivity contribution in [2.75, 3.05) is 6.61 Å². The van der Waals surface area contributed by atoms with E-state index in [2.05, 4.69) is 0 Å². The number of nitro groups is 1. The summed E-state index contributed by atoms with van der Waals surface area (Å²) in [5, 5.41) is 19.5. The zero-order valence-corrected chi connectivity index (χ0v) is 10.6. The second-order valence-corrected chi connectivity index (χ2v) is 4.39. The van der Waals surface area contributed by atoms with E-state index in [0.29, 0.717) is 18.4 Å². The first-order valence-electron chi connectivity index (χ1n) is 5.67. The number of benzene rings is 1. The normalized spacial score (nSPS) is 10.5. The molecule has 0 aliphatic rings. The van der Waals surface area contributed by atoms with Gasteiger partial charge in [-0.25, -0.2) is 9.18 Å². The topological polar surface area (TPSA) is 89.7 Å². The van der Waals surface area contributed by atoms with Crippen LogP contribution < -0.4 is 4.74 Å². The first-order valence-corrected chi connectivity index (χ1v) is 5.67. The quantitative estimate of drug-likeness (QED) is 0.634. The number of hydrogen-bond acceptors (Lipinski definition) is 4. The second kappa shape index (κ2) is 6.12. The molecule has 0 aliphatic heterocycles. The molecule has 1 aromatic carbocycles. The van der Waals surface area contributed by atoms with Crippen molar-refractivity contribution >= 4 is 11.7 Å². The summed E-state index contributed by atoms with van der Waals surface area (Å²) < 4.78 is 18.5. The maximum atomic E-state index is 13.4. The van der Waals surface area contributed by atoms with Gasteiger partial charge in [0.1, 0.15) is 5.82 Å². The van der Waals surface area contributed by atoms with Crippen LogP contribution in [0.1, 0.15) is 30.6 Å². The van der Waals surface area contributed by atoms with Crippen LogP contribution in [0.15, 0.2) is 12.1 Å². The third kappa shape index (κ3) is 3.90. The summed E-state index contributed by atoms with van der Waals surface area (Å²) >= 11 is 0. The number of rotatable bonds is 6. The van der Waals surface area contributed by atoms with Crippen LogP contribution in [0.3, 0.4) is 0 Å². The second-order valence-electron chi connectivity index (χ2n) is 4.39. The molecule has 1 aromatic rings. The minimum atomic E-state index is -1.50. The molecular weight excluding hydrogens is 257 g/mol. The Morgan fingerprint density at radius 3 is 2.63 bits per heavy atom. The maximum absolute atomic E-state index is 13.4. The Labute approximate surface area is 109 Å². The molecule has 1 N–H and O–H groups in total. The van der Waals surface area contributed by atoms with Gasteiger partial charge in [0, 0.05) is 6.07 Å². The third-order valence-corrected chi connectivity index (χ3v) is 2.43. The van der Waals surface area contributed by atoms with Gasteiger partial charge in [-0.1, -0.05) is 13.8 Å². The van der Waals surface area contributed by atoms with Crippen LogP contribution in [0.25, 0.3) is 0 Å². The molecule has 0 unspecified atom stereocenters. The molecule has 6 nitrogen and oxygen atoms in total. The third-order valence-electron chi connectivity index (χ3n) is 2.43. The number of nitrogens with zero attached hydrogens (tertiary/aromatic N) is 1. The lowest BCUT2D eigenvalue weighted by Gasteiger charge is -2.09. The Balaban J connectivity index is 3.07. The summed E-state index contributed by atoms with van der Waals surface area (Å²) in [5.41, 5.74) is -1.23. The lowest BCUT2D eigenvalue weighted by Crippen LogP contribution is -2.07. The first kappa shape index (κ1) is 14.9. The highest BCUT2D eigenvalue weighted by Crippen LogP contribution is 2.30. The van der Waals surface area contributed by atoms with Gasteiger partial charge in [0.25, 0.3) is 0 Å². The molecule has 1 rings (SSSR count). The predicted octanol–water partition coefficient (Wildman–Crippen LogP) is 2.86. The summed E-state index contributed by atoms with van der Waals surface area (Å²) in [4.78, 5) is 20.7. The lowest BCUT2D eigenvalue weighted by atomic mass is 10.1. The van der Waals surface area contributed by atoms with Crippen molar-refractivity contribution < 1.29 is 24.0 Å². The summed E-state index contributed by atoms with van der Waals surface area (Å²) in [7, 11) is 0. The van der Waals surface area contributed by atoms with E-state index in [1.165, 1.54) is 0 Å². The van der Waals surface area contributed by atoms with Crippen LogP contribution in [-0.2, 0) is 0 Å². The van der Waals surface area contributed by atoms with Crippen LogP contribution in [0.5, 0.6) is 5.75 Å². The number of hydrogen-bond donors (Lipinski definition) is 1. The molecule has 0 saturated carbocycles. The highest BCUT2D eigenvalue weighted by Gasteiger charge is 2.22. The van der Waals surface area contributed by atoms with Crippen molar-refractivity contribution in [2.24, 2.45) is 5.92 Å². The molecule has 104 valence electrons. The number of ether oxygens (including phenoxy) is 1. The van der Waals surface area contributed by atoms with Crippen LogP contribution in [0.2, 0.25) is 0 Å². The largest absolute Gasteiger partial charge is 0.487 e. The monoisotopic (exact) mass is 271 g/mol. The van der Waals surface area contributed by atoms with Crippen LogP contribution in [0.4, 0.5) is 10.1 Å². The summed E-state index contributed by atoms with van der Waals surface area (Å²) in [6, 6.07) is 1.41. The molecule has 0 heterocycles. The number of carbonyl (C=O) groups is 1. The highest BCUT2D eigenvalue weighted by atomic mass is 19.1. The number of halogens is 1. The Morgan fingerprint density at radius 1 is 1.53 bits per heavy atom. The number of carboxylic acid groups (broad SMARTS) is 1. The van der Waals surface area contributed by atoms with Gasteiger partial charge in [-0.3, -0.25) is 10.1 Å². The van der Waals surface area contributed by atoms with Crippen LogP contribution in [0, 0.1) is 21.8 Å². The van der Waals surface area contributed by atoms with Gasteiger partial charge < -0.3 is 9.84 Å². The Bertz CT molecular complexity index is 501. The van der Waals surface area contributed by atoms with Gasteiger partial charge in [0.05, 0.1) is 23.2 Å². The molecule has 19 heavy (non-hydrogen) atoms. The van der Waals surface area contributed by atoms with Crippen molar-refractivity contribution in [1.82, 2.24) is 0 Å². The zero-order valence-electron chi connectivity index (χ0n) is 10.6. The Hall–Kier alpha value is -2.18. The predicted molar refractivity (Wildman–Crippen MR) is 65.0 cm³/mol. The van der Waals surface area contributed by atoms with Crippen molar-refractivity contribution in [1.29, 1.82) is 0 Å². The van der Waals surface area contributed by atoms with E-state index in [1.54, 1.807) is 0 Å². The van der Waals surface area contributed by atoms with Crippen molar-refractivity contribution in [3.8, 4) is 5.75 Å². The smallest absolute Gasteiger partial charge is 0.338 e. The van der Waals surface area contributed by atoms with Crippen LogP contribution >= 0.6 is 0 Å². The summed E-state index contributed by atoms with van der Waals surface area (Å²) in [6.45, 7) is 4.10. The van der Waals surface area contributed by atoms with E-state index in [9.17, 15) is 19.3 Å². The molecule has 0 bridgehead atoms. The minimum absolute atomic E-state index is 0.198. The van der Waals surface area contributed by atoms with E-state index in [1.807, 2.05) is 13.8 Å². The Morgan fingerprint density at radius 2 is 2.16 bits per heavy atom. The fraction of sp³-hybridized carbons (Fsp3) is 0.417. The maximum Gasteiger partial charge on any atom is 0.338 e. The Kier molecular flexibility index (Phi) is 4.80. The van der Waals surface area contributed by atoms with Crippen molar-refractivity contribution in [3.63, 3.8) is 0 Å². The van der Waals surface area contributed by atoms with Gasteiger partial charge in [-0.2, -0.15) is 0 Å². The first-order chi connectivity index (χ1) is 8.82. The minimum Gasteiger partial charge on any atom is -0.487 e. The van der Waals surface area contributed by atoms with E-state index < -0.39 is 28.0 Å². The van der Waals surface area contributed by atoms with E-state index in [-0.39, 0.29) is 12.4 Å². The molecule has 0 fully saturated rings. The molecule has 0 spiro atoms. The molecule has 0 atom stereocenters. The average molecular weight is 271 g/mol. The van der Waals surface area contributed by atoms with Crippen molar-refractivity contribution in [3.05, 3.63) is 33.6 Å². The molecule has 0 aliphatic carbocycles. The van der Waals surface area contributed by atoms with Gasteiger partial charge in [-0.15, -0.1) is 0 Å². The average Bonchev–Trinajstić information content (AvgIpc) is 2.29. The summed E-state index contributed by atoms with van der Waals surface area (Å²) in [5.74, 6) is -2.56.